The van der Waals surface area contributed by atoms with E-state index in [1.807, 2.05) is 0 Å². The van der Waals surface area contributed by atoms with Crippen molar-refractivity contribution in [2.45, 2.75) is 4.90 Å². The van der Waals surface area contributed by atoms with Gasteiger partial charge in [-0.1, -0.05) is 11.6 Å². The number of nitrogens with two attached hydrogens (primary N) is 1. The molecule has 10 heteroatoms. The first-order valence-corrected chi connectivity index (χ1v) is 7.63. The van der Waals surface area contributed by atoms with Crippen LogP contribution in [-0.2, 0) is 10.0 Å². The highest BCUT2D eigenvalue weighted by Crippen LogP contribution is 2.22. The first kappa shape index (κ1) is 15.5. The molecule has 7 nitrogen and oxygen atoms in total. The third-order valence-electron chi connectivity index (χ3n) is 2.39. The molecule has 0 fully saturated rings. The standard InChI is InChI=1S/C11H8Cl2N4O3S/c12-9-3-6(1-2-8(9)10(14)18)17-21(19,20)7-4-15-11(13)16-5-7/h1-5,17H,(H2,14,18). The molecule has 110 valence electrons. The Bertz CT molecular complexity index is 794. The minimum absolute atomic E-state index is 0.0371. The molecule has 1 amide bonds. The number of nitrogens with one attached hydrogen (secondary N) is 1. The van der Waals surface area contributed by atoms with Gasteiger partial charge in [-0.05, 0) is 29.8 Å². The van der Waals surface area contributed by atoms with E-state index in [0.29, 0.717) is 0 Å². The Morgan fingerprint density at radius 3 is 2.33 bits per heavy atom. The van der Waals surface area contributed by atoms with E-state index >= 15 is 0 Å². The summed E-state index contributed by atoms with van der Waals surface area (Å²) in [5, 5.41) is -0.0298. The summed E-state index contributed by atoms with van der Waals surface area (Å²) in [6.07, 6.45) is 2.13. The van der Waals surface area contributed by atoms with Crippen molar-refractivity contribution in [3.8, 4) is 0 Å². The maximum atomic E-state index is 12.1. The van der Waals surface area contributed by atoms with Gasteiger partial charge >= 0.3 is 0 Å². The van der Waals surface area contributed by atoms with Crippen molar-refractivity contribution in [2.75, 3.05) is 4.72 Å². The van der Waals surface area contributed by atoms with Crippen molar-refractivity contribution in [3.05, 3.63) is 46.5 Å². The second-order valence-corrected chi connectivity index (χ2v) is 6.28. The molecular formula is C11H8Cl2N4O3S. The number of aromatic nitrogens is 2. The van der Waals surface area contributed by atoms with Crippen LogP contribution >= 0.6 is 23.2 Å². The molecule has 0 aliphatic rings. The Morgan fingerprint density at radius 2 is 1.81 bits per heavy atom. The molecule has 0 unspecified atom stereocenters. The number of nitrogens with zero attached hydrogens (tertiary/aromatic N) is 2. The van der Waals surface area contributed by atoms with Gasteiger partial charge in [-0.3, -0.25) is 9.52 Å². The number of carbonyl (C=O) groups excluding carboxylic acids is 1. The van der Waals surface area contributed by atoms with Crippen LogP contribution in [0.3, 0.4) is 0 Å². The van der Waals surface area contributed by atoms with Crippen molar-refractivity contribution in [3.63, 3.8) is 0 Å². The van der Waals surface area contributed by atoms with Gasteiger partial charge in [0.05, 0.1) is 28.7 Å². The molecule has 0 aliphatic carbocycles. The second-order valence-electron chi connectivity index (χ2n) is 3.85. The first-order chi connectivity index (χ1) is 9.79. The van der Waals surface area contributed by atoms with E-state index in [0.717, 1.165) is 12.4 Å². The fourth-order valence-electron chi connectivity index (χ4n) is 1.43. The van der Waals surface area contributed by atoms with Crippen molar-refractivity contribution in [1.82, 2.24) is 9.97 Å². The van der Waals surface area contributed by atoms with Crippen molar-refractivity contribution in [1.29, 1.82) is 0 Å². The Morgan fingerprint density at radius 1 is 1.19 bits per heavy atom. The van der Waals surface area contributed by atoms with Gasteiger partial charge in [0.25, 0.3) is 10.0 Å². The van der Waals surface area contributed by atoms with Gasteiger partial charge < -0.3 is 5.73 Å². The smallest absolute Gasteiger partial charge is 0.264 e. The van der Waals surface area contributed by atoms with Crippen molar-refractivity contribution < 1.29 is 13.2 Å². The van der Waals surface area contributed by atoms with E-state index in [2.05, 4.69) is 14.7 Å². The summed E-state index contributed by atoms with van der Waals surface area (Å²) in [7, 11) is -3.89. The molecule has 21 heavy (non-hydrogen) atoms. The zero-order valence-corrected chi connectivity index (χ0v) is 12.6. The minimum Gasteiger partial charge on any atom is -0.366 e. The fourth-order valence-corrected chi connectivity index (χ4v) is 2.74. The second kappa shape index (κ2) is 5.84. The molecule has 1 aromatic heterocycles. The number of halogens is 2. The van der Waals surface area contributed by atoms with E-state index < -0.39 is 15.9 Å². The largest absolute Gasteiger partial charge is 0.366 e. The van der Waals surface area contributed by atoms with Crippen LogP contribution in [0.25, 0.3) is 0 Å². The SMILES string of the molecule is NC(=O)c1ccc(NS(=O)(=O)c2cnc(Cl)nc2)cc1Cl. The number of carbonyl (C=O) groups is 1. The molecule has 0 bridgehead atoms. The molecule has 3 N–H and O–H groups in total. The van der Waals surface area contributed by atoms with Crippen LogP contribution < -0.4 is 10.5 Å². The van der Waals surface area contributed by atoms with E-state index in [4.69, 9.17) is 28.9 Å². The van der Waals surface area contributed by atoms with Gasteiger partial charge in [0.2, 0.25) is 11.2 Å². The lowest BCUT2D eigenvalue weighted by atomic mass is 10.2. The number of amides is 1. The maximum Gasteiger partial charge on any atom is 0.264 e. The highest BCUT2D eigenvalue weighted by Gasteiger charge is 2.16. The lowest BCUT2D eigenvalue weighted by Gasteiger charge is -2.09. The molecular weight excluding hydrogens is 339 g/mol. The van der Waals surface area contributed by atoms with Crippen molar-refractivity contribution in [2.24, 2.45) is 5.73 Å². The highest BCUT2D eigenvalue weighted by atomic mass is 35.5. The van der Waals surface area contributed by atoms with Crippen LogP contribution in [0.1, 0.15) is 10.4 Å². The third kappa shape index (κ3) is 3.60. The number of anilines is 1. The molecule has 1 heterocycles. The Hall–Kier alpha value is -1.90. The van der Waals surface area contributed by atoms with Crippen LogP contribution in [0.15, 0.2) is 35.5 Å². The predicted molar refractivity (Wildman–Crippen MR) is 77.8 cm³/mol. The van der Waals surface area contributed by atoms with Gasteiger partial charge in [0, 0.05) is 0 Å². The van der Waals surface area contributed by atoms with E-state index in [1.54, 1.807) is 0 Å². The summed E-state index contributed by atoms with van der Waals surface area (Å²) in [5.41, 5.74) is 5.36. The number of primary amides is 1. The van der Waals surface area contributed by atoms with E-state index in [9.17, 15) is 13.2 Å². The normalized spacial score (nSPS) is 11.1. The highest BCUT2D eigenvalue weighted by molar-refractivity contribution is 7.92. The van der Waals surface area contributed by atoms with Gasteiger partial charge in [-0.15, -0.1) is 0 Å². The maximum absolute atomic E-state index is 12.1. The molecule has 2 rings (SSSR count). The number of rotatable bonds is 4. The van der Waals surface area contributed by atoms with Crippen LogP contribution in [0.2, 0.25) is 10.3 Å². The summed E-state index contributed by atoms with van der Waals surface area (Å²) in [5.74, 6) is -0.708. The monoisotopic (exact) mass is 346 g/mol. The lowest BCUT2D eigenvalue weighted by Crippen LogP contribution is -2.15. The zero-order valence-electron chi connectivity index (χ0n) is 10.2. The predicted octanol–water partition coefficient (Wildman–Crippen LogP) is 1.68. The molecule has 2 aromatic rings. The summed E-state index contributed by atoms with van der Waals surface area (Å²) in [4.78, 5) is 18.1. The summed E-state index contributed by atoms with van der Waals surface area (Å²) >= 11 is 11.3. The Kier molecular flexibility index (Phi) is 4.31. The molecule has 0 radical (unpaired) electrons. The van der Waals surface area contributed by atoms with Gasteiger partial charge in [0.15, 0.2) is 0 Å². The number of benzene rings is 1. The van der Waals surface area contributed by atoms with E-state index in [-0.39, 0.29) is 26.5 Å². The number of hydrogen-bond donors (Lipinski definition) is 2. The average molecular weight is 347 g/mol. The van der Waals surface area contributed by atoms with Crippen molar-refractivity contribution >= 4 is 44.8 Å². The minimum atomic E-state index is -3.89. The average Bonchev–Trinajstić information content (AvgIpc) is 2.38. The number of sulfonamides is 1. The van der Waals surface area contributed by atoms with Crippen LogP contribution in [-0.4, -0.2) is 24.3 Å². The molecule has 1 aromatic carbocycles. The fraction of sp³-hybridized carbons (Fsp3) is 0. The van der Waals surface area contributed by atoms with Crippen LogP contribution in [0.5, 0.6) is 0 Å². The molecule has 0 aliphatic heterocycles. The molecule has 0 spiro atoms. The quantitative estimate of drug-likeness (QED) is 0.817. The van der Waals surface area contributed by atoms with E-state index in [1.165, 1.54) is 18.2 Å². The van der Waals surface area contributed by atoms with Gasteiger partial charge in [-0.25, -0.2) is 18.4 Å². The zero-order chi connectivity index (χ0) is 15.6. The number of hydrogen-bond acceptors (Lipinski definition) is 5. The van der Waals surface area contributed by atoms with Gasteiger partial charge in [-0.2, -0.15) is 0 Å². The summed E-state index contributed by atoms with van der Waals surface area (Å²) in [6.45, 7) is 0. The topological polar surface area (TPSA) is 115 Å². The molecule has 0 saturated carbocycles. The van der Waals surface area contributed by atoms with Crippen LogP contribution in [0, 0.1) is 0 Å². The Labute approximate surface area is 130 Å². The molecule has 0 saturated heterocycles. The van der Waals surface area contributed by atoms with Crippen LogP contribution in [0.4, 0.5) is 5.69 Å². The Balaban J connectivity index is 2.31. The summed E-state index contributed by atoms with van der Waals surface area (Å²) in [6, 6.07) is 3.96. The molecule has 0 atom stereocenters. The summed E-state index contributed by atoms with van der Waals surface area (Å²) < 4.78 is 26.4. The lowest BCUT2D eigenvalue weighted by molar-refractivity contribution is 0.100. The first-order valence-electron chi connectivity index (χ1n) is 5.39. The van der Waals surface area contributed by atoms with Gasteiger partial charge in [0.1, 0.15) is 4.90 Å². The third-order valence-corrected chi connectivity index (χ3v) is 4.24.